The number of amides is 1. The molecule has 0 aromatic heterocycles. The molecule has 1 N–H and O–H groups in total. The Morgan fingerprint density at radius 3 is 2.57 bits per heavy atom. The summed E-state index contributed by atoms with van der Waals surface area (Å²) in [6.45, 7) is 2.57. The normalized spacial score (nSPS) is 10.6. The lowest BCUT2D eigenvalue weighted by atomic mass is 10.2. The maximum Gasteiger partial charge on any atom is 0.248 e. The van der Waals surface area contributed by atoms with Crippen LogP contribution < -0.4 is 10.1 Å². The zero-order valence-corrected chi connectivity index (χ0v) is 12.4. The van der Waals surface area contributed by atoms with Gasteiger partial charge in [-0.2, -0.15) is 0 Å². The summed E-state index contributed by atoms with van der Waals surface area (Å²) < 4.78 is 5.36. The largest absolute Gasteiger partial charge is 0.494 e. The molecule has 0 unspecified atom stereocenters. The minimum Gasteiger partial charge on any atom is -0.494 e. The summed E-state index contributed by atoms with van der Waals surface area (Å²) in [7, 11) is 0. The van der Waals surface area contributed by atoms with Crippen LogP contribution in [0.2, 0.25) is 5.02 Å². The Balaban J connectivity index is 1.97. The lowest BCUT2D eigenvalue weighted by Crippen LogP contribution is -2.07. The monoisotopic (exact) mass is 301 g/mol. The topological polar surface area (TPSA) is 38.3 Å². The van der Waals surface area contributed by atoms with Gasteiger partial charge in [0, 0.05) is 6.08 Å². The summed E-state index contributed by atoms with van der Waals surface area (Å²) in [5, 5.41) is 3.24. The second-order valence-electron chi connectivity index (χ2n) is 4.30. The standard InChI is InChI=1S/C17H16ClNO2/c1-2-21-14-10-7-13(8-11-14)9-12-17(20)19-16-6-4-3-5-15(16)18/h3-12H,2H2,1H3,(H,19,20)/b12-9+. The molecule has 0 aliphatic heterocycles. The molecule has 2 rings (SSSR count). The molecule has 0 heterocycles. The van der Waals surface area contributed by atoms with Crippen LogP contribution >= 0.6 is 11.6 Å². The van der Waals surface area contributed by atoms with Gasteiger partial charge in [-0.05, 0) is 42.8 Å². The quantitative estimate of drug-likeness (QED) is 0.832. The Labute approximate surface area is 129 Å². The number of hydrogen-bond acceptors (Lipinski definition) is 2. The third-order valence-electron chi connectivity index (χ3n) is 2.75. The minimum absolute atomic E-state index is 0.225. The van der Waals surface area contributed by atoms with Crippen LogP contribution in [0, 0.1) is 0 Å². The fourth-order valence-electron chi connectivity index (χ4n) is 1.75. The zero-order chi connectivity index (χ0) is 15.1. The Morgan fingerprint density at radius 2 is 1.90 bits per heavy atom. The summed E-state index contributed by atoms with van der Waals surface area (Å²) in [6, 6.07) is 14.6. The number of hydrogen-bond donors (Lipinski definition) is 1. The second-order valence-corrected chi connectivity index (χ2v) is 4.71. The van der Waals surface area contributed by atoms with Crippen molar-refractivity contribution in [3.63, 3.8) is 0 Å². The van der Waals surface area contributed by atoms with Gasteiger partial charge in [0.1, 0.15) is 5.75 Å². The average molecular weight is 302 g/mol. The lowest BCUT2D eigenvalue weighted by Gasteiger charge is -2.04. The van der Waals surface area contributed by atoms with E-state index in [1.54, 1.807) is 18.2 Å². The Hall–Kier alpha value is -2.26. The van der Waals surface area contributed by atoms with Crippen LogP contribution in [0.25, 0.3) is 6.08 Å². The molecule has 0 saturated heterocycles. The van der Waals surface area contributed by atoms with Gasteiger partial charge in [0.25, 0.3) is 0 Å². The molecule has 108 valence electrons. The van der Waals surface area contributed by atoms with Crippen LogP contribution in [0.4, 0.5) is 5.69 Å². The predicted octanol–water partition coefficient (Wildman–Crippen LogP) is 4.39. The molecule has 0 aliphatic rings. The third kappa shape index (κ3) is 4.65. The van der Waals surface area contributed by atoms with Crippen molar-refractivity contribution in [1.82, 2.24) is 0 Å². The van der Waals surface area contributed by atoms with Crippen LogP contribution in [0.15, 0.2) is 54.6 Å². The Bertz CT molecular complexity index is 635. The second kappa shape index (κ2) is 7.50. The van der Waals surface area contributed by atoms with E-state index in [2.05, 4.69) is 5.32 Å². The molecule has 0 atom stereocenters. The first-order valence-corrected chi connectivity index (χ1v) is 7.03. The molecule has 1 amide bonds. The van der Waals surface area contributed by atoms with Crippen LogP contribution in [-0.2, 0) is 4.79 Å². The van der Waals surface area contributed by atoms with E-state index in [0.717, 1.165) is 11.3 Å². The van der Waals surface area contributed by atoms with Crippen LogP contribution in [-0.4, -0.2) is 12.5 Å². The summed E-state index contributed by atoms with van der Waals surface area (Å²) in [5.74, 6) is 0.590. The maximum absolute atomic E-state index is 11.8. The van der Waals surface area contributed by atoms with Gasteiger partial charge in [0.2, 0.25) is 5.91 Å². The smallest absolute Gasteiger partial charge is 0.248 e. The first-order chi connectivity index (χ1) is 10.2. The van der Waals surface area contributed by atoms with Crippen LogP contribution in [0.3, 0.4) is 0 Å². The number of carbonyl (C=O) groups is 1. The number of rotatable bonds is 5. The van der Waals surface area contributed by atoms with Crippen molar-refractivity contribution in [2.75, 3.05) is 11.9 Å². The number of halogens is 1. The summed E-state index contributed by atoms with van der Waals surface area (Å²) in [5.41, 5.74) is 1.52. The van der Waals surface area contributed by atoms with Crippen molar-refractivity contribution in [2.24, 2.45) is 0 Å². The molecule has 4 heteroatoms. The van der Waals surface area contributed by atoms with Gasteiger partial charge < -0.3 is 10.1 Å². The molecule has 0 aliphatic carbocycles. The average Bonchev–Trinajstić information content (AvgIpc) is 2.49. The van der Waals surface area contributed by atoms with E-state index >= 15 is 0 Å². The molecule has 0 spiro atoms. The molecular weight excluding hydrogens is 286 g/mol. The highest BCUT2D eigenvalue weighted by atomic mass is 35.5. The number of carbonyl (C=O) groups excluding carboxylic acids is 1. The van der Waals surface area contributed by atoms with E-state index in [0.29, 0.717) is 17.3 Å². The van der Waals surface area contributed by atoms with Gasteiger partial charge in [-0.3, -0.25) is 4.79 Å². The first kappa shape index (κ1) is 15.1. The number of benzene rings is 2. The molecule has 21 heavy (non-hydrogen) atoms. The van der Waals surface area contributed by atoms with E-state index in [1.165, 1.54) is 6.08 Å². The molecule has 0 bridgehead atoms. The highest BCUT2D eigenvalue weighted by molar-refractivity contribution is 6.33. The van der Waals surface area contributed by atoms with E-state index in [1.807, 2.05) is 43.3 Å². The van der Waals surface area contributed by atoms with Gasteiger partial charge >= 0.3 is 0 Å². The Kier molecular flexibility index (Phi) is 5.41. The number of anilines is 1. The minimum atomic E-state index is -0.225. The van der Waals surface area contributed by atoms with Gasteiger partial charge in [0.05, 0.1) is 17.3 Å². The molecule has 0 radical (unpaired) electrons. The number of ether oxygens (including phenoxy) is 1. The summed E-state index contributed by atoms with van der Waals surface area (Å²) in [6.07, 6.45) is 3.21. The van der Waals surface area contributed by atoms with Gasteiger partial charge in [-0.1, -0.05) is 35.9 Å². The fraction of sp³-hybridized carbons (Fsp3) is 0.118. The lowest BCUT2D eigenvalue weighted by molar-refractivity contribution is -0.111. The first-order valence-electron chi connectivity index (χ1n) is 6.65. The number of nitrogens with one attached hydrogen (secondary N) is 1. The predicted molar refractivity (Wildman–Crippen MR) is 86.7 cm³/mol. The van der Waals surface area contributed by atoms with Crippen molar-refractivity contribution in [2.45, 2.75) is 6.92 Å². The summed E-state index contributed by atoms with van der Waals surface area (Å²) in [4.78, 5) is 11.8. The van der Waals surface area contributed by atoms with Crippen molar-refractivity contribution in [1.29, 1.82) is 0 Å². The van der Waals surface area contributed by atoms with Crippen LogP contribution in [0.1, 0.15) is 12.5 Å². The van der Waals surface area contributed by atoms with E-state index in [9.17, 15) is 4.79 Å². The van der Waals surface area contributed by atoms with Crippen molar-refractivity contribution in [3.8, 4) is 5.75 Å². The SMILES string of the molecule is CCOc1ccc(/C=C/C(=O)Nc2ccccc2Cl)cc1. The van der Waals surface area contributed by atoms with Crippen molar-refractivity contribution >= 4 is 29.3 Å². The molecular formula is C17H16ClNO2. The number of para-hydroxylation sites is 1. The highest BCUT2D eigenvalue weighted by Gasteiger charge is 2.01. The van der Waals surface area contributed by atoms with Gasteiger partial charge in [0.15, 0.2) is 0 Å². The van der Waals surface area contributed by atoms with Crippen LogP contribution in [0.5, 0.6) is 5.75 Å². The molecule has 0 fully saturated rings. The summed E-state index contributed by atoms with van der Waals surface area (Å²) >= 11 is 5.98. The molecule has 0 saturated carbocycles. The van der Waals surface area contributed by atoms with E-state index < -0.39 is 0 Å². The van der Waals surface area contributed by atoms with E-state index in [4.69, 9.17) is 16.3 Å². The van der Waals surface area contributed by atoms with Crippen molar-refractivity contribution < 1.29 is 9.53 Å². The maximum atomic E-state index is 11.8. The van der Waals surface area contributed by atoms with Crippen molar-refractivity contribution in [3.05, 3.63) is 65.2 Å². The Morgan fingerprint density at radius 1 is 1.19 bits per heavy atom. The molecule has 2 aromatic rings. The fourth-order valence-corrected chi connectivity index (χ4v) is 1.93. The molecule has 3 nitrogen and oxygen atoms in total. The zero-order valence-electron chi connectivity index (χ0n) is 11.7. The highest BCUT2D eigenvalue weighted by Crippen LogP contribution is 2.20. The third-order valence-corrected chi connectivity index (χ3v) is 3.08. The van der Waals surface area contributed by atoms with Gasteiger partial charge in [-0.25, -0.2) is 0 Å². The van der Waals surface area contributed by atoms with Gasteiger partial charge in [-0.15, -0.1) is 0 Å². The van der Waals surface area contributed by atoms with E-state index in [-0.39, 0.29) is 5.91 Å². The molecule has 2 aromatic carbocycles.